The number of anilines is 1. The lowest BCUT2D eigenvalue weighted by atomic mass is 9.86. The van der Waals surface area contributed by atoms with Crippen LogP contribution in [-0.2, 0) is 10.2 Å². The topological polar surface area (TPSA) is 38.3 Å². The van der Waals surface area contributed by atoms with E-state index >= 15 is 0 Å². The van der Waals surface area contributed by atoms with Crippen molar-refractivity contribution in [3.8, 4) is 5.75 Å². The molecule has 24 heavy (non-hydrogen) atoms. The van der Waals surface area contributed by atoms with Crippen molar-refractivity contribution in [3.63, 3.8) is 0 Å². The van der Waals surface area contributed by atoms with E-state index in [1.165, 1.54) is 0 Å². The summed E-state index contributed by atoms with van der Waals surface area (Å²) in [6.45, 7) is 10.6. The Morgan fingerprint density at radius 2 is 1.67 bits per heavy atom. The van der Waals surface area contributed by atoms with E-state index in [1.54, 1.807) is 0 Å². The Bertz CT molecular complexity index is 699. The first kappa shape index (κ1) is 18.1. The van der Waals surface area contributed by atoms with Crippen LogP contribution in [0.25, 0.3) is 0 Å². The first-order valence-corrected chi connectivity index (χ1v) is 8.40. The summed E-state index contributed by atoms with van der Waals surface area (Å²) < 4.78 is 5.75. The molecule has 128 valence electrons. The van der Waals surface area contributed by atoms with Crippen molar-refractivity contribution in [2.75, 3.05) is 11.9 Å². The molecule has 0 radical (unpaired) electrons. The predicted octanol–water partition coefficient (Wildman–Crippen LogP) is 5.13. The molecule has 0 saturated heterocycles. The van der Waals surface area contributed by atoms with Crippen LogP contribution in [0.15, 0.2) is 48.5 Å². The molecule has 0 atom stereocenters. The minimum atomic E-state index is -0.148. The summed E-state index contributed by atoms with van der Waals surface area (Å²) in [4.78, 5) is 12.3. The molecule has 0 unspecified atom stereocenters. The van der Waals surface area contributed by atoms with Gasteiger partial charge in [0.25, 0.3) is 5.91 Å². The average Bonchev–Trinajstić information content (AvgIpc) is 2.52. The molecule has 0 aromatic heterocycles. The van der Waals surface area contributed by atoms with Crippen LogP contribution in [0.2, 0.25) is 0 Å². The molecule has 0 heterocycles. The van der Waals surface area contributed by atoms with Crippen molar-refractivity contribution >= 4 is 11.6 Å². The molecular formula is C21H27NO2. The quantitative estimate of drug-likeness (QED) is 0.828. The van der Waals surface area contributed by atoms with Gasteiger partial charge < -0.3 is 10.1 Å². The van der Waals surface area contributed by atoms with Gasteiger partial charge in [0.05, 0.1) is 0 Å². The summed E-state index contributed by atoms with van der Waals surface area (Å²) in [5.41, 5.74) is 3.03. The van der Waals surface area contributed by atoms with Crippen LogP contribution in [0.3, 0.4) is 0 Å². The van der Waals surface area contributed by atoms with Gasteiger partial charge >= 0.3 is 0 Å². The Kier molecular flexibility index (Phi) is 5.66. The first-order chi connectivity index (χ1) is 11.3. The highest BCUT2D eigenvalue weighted by atomic mass is 16.5. The molecule has 0 aliphatic heterocycles. The maximum Gasteiger partial charge on any atom is 0.262 e. The lowest BCUT2D eigenvalue weighted by Crippen LogP contribution is -2.23. The van der Waals surface area contributed by atoms with Crippen molar-refractivity contribution in [2.24, 2.45) is 0 Å². The molecule has 1 N–H and O–H groups in total. The Morgan fingerprint density at radius 1 is 1.04 bits per heavy atom. The van der Waals surface area contributed by atoms with E-state index in [2.05, 4.69) is 39.9 Å². The second kappa shape index (κ2) is 7.52. The molecule has 3 nitrogen and oxygen atoms in total. The van der Waals surface area contributed by atoms with Gasteiger partial charge in [-0.15, -0.1) is 0 Å². The second-order valence-corrected chi connectivity index (χ2v) is 7.32. The van der Waals surface area contributed by atoms with Crippen molar-refractivity contribution in [3.05, 3.63) is 59.7 Å². The first-order valence-electron chi connectivity index (χ1n) is 8.40. The third-order valence-electron chi connectivity index (χ3n) is 3.91. The number of rotatable bonds is 5. The molecular weight excluding hydrogens is 298 g/mol. The number of benzene rings is 2. The molecule has 0 spiro atoms. The van der Waals surface area contributed by atoms with Crippen LogP contribution >= 0.6 is 0 Å². The van der Waals surface area contributed by atoms with Crippen molar-refractivity contribution in [1.29, 1.82) is 0 Å². The number of hydrogen-bond donors (Lipinski definition) is 1. The molecule has 0 fully saturated rings. The maximum atomic E-state index is 12.3. The molecule has 0 aliphatic carbocycles. The number of carbonyl (C=O) groups is 1. The molecule has 0 bridgehead atoms. The Labute approximate surface area is 145 Å². The number of nitrogens with one attached hydrogen (secondary N) is 1. The van der Waals surface area contributed by atoms with E-state index in [0.717, 1.165) is 22.6 Å². The number of hydrogen-bond acceptors (Lipinski definition) is 2. The van der Waals surface area contributed by atoms with E-state index in [4.69, 9.17) is 4.74 Å². The zero-order valence-corrected chi connectivity index (χ0v) is 15.2. The van der Waals surface area contributed by atoms with Crippen molar-refractivity contribution < 1.29 is 9.53 Å². The fourth-order valence-corrected chi connectivity index (χ4v) is 2.66. The molecule has 0 aliphatic rings. The number of amides is 1. The highest BCUT2D eigenvalue weighted by molar-refractivity contribution is 5.92. The molecule has 2 rings (SSSR count). The summed E-state index contributed by atoms with van der Waals surface area (Å²) in [6, 6.07) is 15.8. The highest BCUT2D eigenvalue weighted by Crippen LogP contribution is 2.29. The van der Waals surface area contributed by atoms with Gasteiger partial charge in [-0.1, -0.05) is 71.0 Å². The number of para-hydroxylation sites is 2. The van der Waals surface area contributed by atoms with E-state index in [0.29, 0.717) is 5.92 Å². The average molecular weight is 325 g/mol. The monoisotopic (exact) mass is 325 g/mol. The summed E-state index contributed by atoms with van der Waals surface area (Å²) in [5.74, 6) is 0.975. The molecule has 1 amide bonds. The van der Waals surface area contributed by atoms with Gasteiger partial charge in [-0.2, -0.15) is 0 Å². The molecule has 0 saturated carbocycles. The van der Waals surface area contributed by atoms with Crippen molar-refractivity contribution in [2.45, 2.75) is 46.0 Å². The lowest BCUT2D eigenvalue weighted by Gasteiger charge is -2.23. The van der Waals surface area contributed by atoms with Gasteiger partial charge in [-0.3, -0.25) is 4.79 Å². The zero-order valence-electron chi connectivity index (χ0n) is 15.2. The standard InChI is InChI=1S/C21H27NO2/c1-15(2)16-10-6-9-13-19(16)24-14-20(23)22-18-12-8-7-11-17(18)21(3,4)5/h6-13,15H,14H2,1-5H3,(H,22,23). The van der Waals surface area contributed by atoms with Gasteiger partial charge in [-0.25, -0.2) is 0 Å². The third kappa shape index (κ3) is 4.60. The largest absolute Gasteiger partial charge is 0.483 e. The van der Waals surface area contributed by atoms with Crippen LogP contribution in [-0.4, -0.2) is 12.5 Å². The second-order valence-electron chi connectivity index (χ2n) is 7.32. The van der Waals surface area contributed by atoms with Crippen LogP contribution in [0.4, 0.5) is 5.69 Å². The van der Waals surface area contributed by atoms with E-state index in [9.17, 15) is 4.79 Å². The van der Waals surface area contributed by atoms with Gasteiger partial charge in [-0.05, 0) is 34.6 Å². The summed E-state index contributed by atoms with van der Waals surface area (Å²) in [6.07, 6.45) is 0. The number of ether oxygens (including phenoxy) is 1. The SMILES string of the molecule is CC(C)c1ccccc1OCC(=O)Nc1ccccc1C(C)(C)C. The van der Waals surface area contributed by atoms with Gasteiger partial charge in [0.1, 0.15) is 5.75 Å². The fourth-order valence-electron chi connectivity index (χ4n) is 2.66. The normalized spacial score (nSPS) is 11.4. The van der Waals surface area contributed by atoms with Crippen LogP contribution in [0.5, 0.6) is 5.75 Å². The van der Waals surface area contributed by atoms with Crippen LogP contribution < -0.4 is 10.1 Å². The summed E-state index contributed by atoms with van der Waals surface area (Å²) in [5, 5.41) is 2.97. The van der Waals surface area contributed by atoms with Crippen LogP contribution in [0.1, 0.15) is 51.7 Å². The van der Waals surface area contributed by atoms with Gasteiger partial charge in [0, 0.05) is 5.69 Å². The van der Waals surface area contributed by atoms with E-state index in [1.807, 2.05) is 48.5 Å². The Balaban J connectivity index is 2.06. The smallest absolute Gasteiger partial charge is 0.262 e. The Morgan fingerprint density at radius 3 is 2.33 bits per heavy atom. The minimum Gasteiger partial charge on any atom is -0.483 e. The van der Waals surface area contributed by atoms with Gasteiger partial charge in [0.15, 0.2) is 6.61 Å². The fraction of sp³-hybridized carbons (Fsp3) is 0.381. The summed E-state index contributed by atoms with van der Waals surface area (Å²) in [7, 11) is 0. The zero-order chi connectivity index (χ0) is 17.7. The minimum absolute atomic E-state index is 0.00219. The van der Waals surface area contributed by atoms with E-state index < -0.39 is 0 Å². The molecule has 2 aromatic carbocycles. The van der Waals surface area contributed by atoms with E-state index in [-0.39, 0.29) is 17.9 Å². The lowest BCUT2D eigenvalue weighted by molar-refractivity contribution is -0.118. The van der Waals surface area contributed by atoms with Crippen molar-refractivity contribution in [1.82, 2.24) is 0 Å². The van der Waals surface area contributed by atoms with Crippen LogP contribution in [0, 0.1) is 0 Å². The maximum absolute atomic E-state index is 12.3. The molecule has 3 heteroatoms. The number of carbonyl (C=O) groups excluding carboxylic acids is 1. The highest BCUT2D eigenvalue weighted by Gasteiger charge is 2.18. The summed E-state index contributed by atoms with van der Waals surface area (Å²) >= 11 is 0. The molecule has 2 aromatic rings. The Hall–Kier alpha value is -2.29. The third-order valence-corrected chi connectivity index (χ3v) is 3.91. The predicted molar refractivity (Wildman–Crippen MR) is 99.8 cm³/mol. The van der Waals surface area contributed by atoms with Gasteiger partial charge in [0.2, 0.25) is 0 Å².